The first-order chi connectivity index (χ1) is 20.1. The number of ether oxygens (including phenoxy) is 2. The maximum atomic E-state index is 12.4. The topological polar surface area (TPSA) is 96.8 Å². The molecule has 42 heavy (non-hydrogen) atoms. The highest BCUT2D eigenvalue weighted by molar-refractivity contribution is 6.02. The van der Waals surface area contributed by atoms with Gasteiger partial charge in [-0.2, -0.15) is 0 Å². The van der Waals surface area contributed by atoms with E-state index in [9.17, 15) is 4.79 Å². The molecule has 1 amide bonds. The molecule has 0 bridgehead atoms. The van der Waals surface area contributed by atoms with Gasteiger partial charge in [-0.15, -0.1) is 0 Å². The van der Waals surface area contributed by atoms with Gasteiger partial charge in [-0.3, -0.25) is 4.79 Å². The van der Waals surface area contributed by atoms with Crippen LogP contribution in [0.1, 0.15) is 19.5 Å². The quantitative estimate of drug-likeness (QED) is 0.249. The van der Waals surface area contributed by atoms with Crippen LogP contribution in [0.15, 0.2) is 61.3 Å². The number of likely N-dealkylation sites (N-methyl/N-ethyl adjacent to an activating group) is 2. The van der Waals surface area contributed by atoms with E-state index in [2.05, 4.69) is 82.7 Å². The summed E-state index contributed by atoms with van der Waals surface area (Å²) in [5.41, 5.74) is 6.02. The van der Waals surface area contributed by atoms with Crippen molar-refractivity contribution in [3.05, 3.63) is 67.0 Å². The number of carbonyl (C=O) groups excluding carboxylic acids is 1. The molecule has 0 radical (unpaired) electrons. The van der Waals surface area contributed by atoms with Crippen LogP contribution in [0.5, 0.6) is 5.75 Å². The number of fused-ring (bicyclic) bond motifs is 3. The lowest BCUT2D eigenvalue weighted by Crippen LogP contribution is -2.47. The lowest BCUT2D eigenvalue weighted by Gasteiger charge is -2.37. The minimum atomic E-state index is -0.307. The van der Waals surface area contributed by atoms with Crippen LogP contribution in [0.4, 0.5) is 23.0 Å². The third kappa shape index (κ3) is 5.68. The zero-order chi connectivity index (χ0) is 30.0. The molecule has 2 N–H and O–H groups in total. The van der Waals surface area contributed by atoms with Crippen LogP contribution in [0.25, 0.3) is 22.2 Å². The number of methoxy groups -OCH3 is 1. The number of rotatable bonds is 10. The number of anilines is 4. The standard InChI is InChI=1S/C32H39N7O3/c1-8-29(40)34-23-17-24(28(41-7)18-26(23)38(6)20-32(2,3)37(4)5)36-31-33-14-13-22(35-31)30-21-11-9-10-12-25(21)39-15-16-42-19-27(30)39/h8-14,17-18H,1,15-16,19-20H2,2-7H3,(H,34,40)(H,33,35,36). The van der Waals surface area contributed by atoms with Crippen LogP contribution in [0, 0.1) is 0 Å². The lowest BCUT2D eigenvalue weighted by atomic mass is 10.0. The molecule has 10 nitrogen and oxygen atoms in total. The molecule has 0 spiro atoms. The van der Waals surface area contributed by atoms with Gasteiger partial charge >= 0.3 is 0 Å². The number of amides is 1. The number of benzene rings is 2. The molecule has 220 valence electrons. The van der Waals surface area contributed by atoms with E-state index < -0.39 is 0 Å². The zero-order valence-electron chi connectivity index (χ0n) is 25.2. The van der Waals surface area contributed by atoms with Crippen molar-refractivity contribution in [2.75, 3.05) is 56.9 Å². The monoisotopic (exact) mass is 569 g/mol. The van der Waals surface area contributed by atoms with E-state index in [0.29, 0.717) is 42.8 Å². The second-order valence-electron chi connectivity index (χ2n) is 11.3. The summed E-state index contributed by atoms with van der Waals surface area (Å²) < 4.78 is 13.9. The predicted molar refractivity (Wildman–Crippen MR) is 169 cm³/mol. The van der Waals surface area contributed by atoms with Crippen molar-refractivity contribution < 1.29 is 14.3 Å². The Morgan fingerprint density at radius 2 is 1.98 bits per heavy atom. The fourth-order valence-corrected chi connectivity index (χ4v) is 5.29. The van der Waals surface area contributed by atoms with Crippen LogP contribution in [-0.4, -0.2) is 72.3 Å². The van der Waals surface area contributed by atoms with Crippen molar-refractivity contribution in [3.8, 4) is 17.0 Å². The van der Waals surface area contributed by atoms with Crippen LogP contribution in [-0.2, 0) is 22.7 Å². The molecular weight excluding hydrogens is 530 g/mol. The minimum Gasteiger partial charge on any atom is -0.494 e. The van der Waals surface area contributed by atoms with Gasteiger partial charge in [-0.1, -0.05) is 24.8 Å². The summed E-state index contributed by atoms with van der Waals surface area (Å²) in [6, 6.07) is 14.0. The number of hydrogen-bond acceptors (Lipinski definition) is 8. The average Bonchev–Trinajstić information content (AvgIpc) is 3.31. The molecule has 4 aromatic rings. The van der Waals surface area contributed by atoms with Crippen molar-refractivity contribution in [1.29, 1.82) is 0 Å². The highest BCUT2D eigenvalue weighted by Gasteiger charge is 2.26. The molecule has 0 saturated heterocycles. The molecule has 1 aliphatic heterocycles. The fraction of sp³-hybridized carbons (Fsp3) is 0.344. The maximum absolute atomic E-state index is 12.4. The van der Waals surface area contributed by atoms with Crippen molar-refractivity contribution in [1.82, 2.24) is 19.4 Å². The molecule has 2 aromatic heterocycles. The van der Waals surface area contributed by atoms with E-state index in [-0.39, 0.29) is 11.4 Å². The molecule has 10 heteroatoms. The van der Waals surface area contributed by atoms with E-state index >= 15 is 0 Å². The van der Waals surface area contributed by atoms with Crippen molar-refractivity contribution in [2.24, 2.45) is 0 Å². The third-order valence-corrected chi connectivity index (χ3v) is 7.94. The van der Waals surface area contributed by atoms with Crippen molar-refractivity contribution in [2.45, 2.75) is 32.5 Å². The predicted octanol–water partition coefficient (Wildman–Crippen LogP) is 5.28. The Hall–Kier alpha value is -4.41. The second-order valence-corrected chi connectivity index (χ2v) is 11.3. The number of aromatic nitrogens is 3. The molecule has 1 aliphatic rings. The minimum absolute atomic E-state index is 0.125. The maximum Gasteiger partial charge on any atom is 0.247 e. The number of para-hydroxylation sites is 1. The largest absolute Gasteiger partial charge is 0.494 e. The van der Waals surface area contributed by atoms with Crippen LogP contribution < -0.4 is 20.3 Å². The Morgan fingerprint density at radius 3 is 2.71 bits per heavy atom. The van der Waals surface area contributed by atoms with Gasteiger partial charge in [0.2, 0.25) is 11.9 Å². The second kappa shape index (κ2) is 11.8. The van der Waals surface area contributed by atoms with Crippen molar-refractivity contribution >= 4 is 39.8 Å². The summed E-state index contributed by atoms with van der Waals surface area (Å²) in [7, 11) is 7.72. The van der Waals surface area contributed by atoms with E-state index in [1.807, 2.05) is 31.3 Å². The van der Waals surface area contributed by atoms with Crippen LogP contribution >= 0.6 is 0 Å². The molecule has 2 aromatic carbocycles. The molecule has 5 rings (SSSR count). The van der Waals surface area contributed by atoms with Gasteiger partial charge in [-0.25, -0.2) is 9.97 Å². The Labute approximate surface area is 247 Å². The molecule has 0 aliphatic carbocycles. The van der Waals surface area contributed by atoms with Gasteiger partial charge in [0, 0.05) is 54.4 Å². The first-order valence-electron chi connectivity index (χ1n) is 13.9. The number of nitrogens with zero attached hydrogens (tertiary/aromatic N) is 5. The van der Waals surface area contributed by atoms with Crippen LogP contribution in [0.2, 0.25) is 0 Å². The Kier molecular flexibility index (Phi) is 8.20. The van der Waals surface area contributed by atoms with Gasteiger partial charge in [0.1, 0.15) is 5.75 Å². The van der Waals surface area contributed by atoms with E-state index in [1.54, 1.807) is 13.3 Å². The van der Waals surface area contributed by atoms with Gasteiger partial charge in [0.25, 0.3) is 0 Å². The lowest BCUT2D eigenvalue weighted by molar-refractivity contribution is -0.111. The summed E-state index contributed by atoms with van der Waals surface area (Å²) in [6.45, 7) is 10.7. The van der Waals surface area contributed by atoms with Gasteiger partial charge < -0.3 is 34.5 Å². The average molecular weight is 570 g/mol. The zero-order valence-corrected chi connectivity index (χ0v) is 25.2. The highest BCUT2D eigenvalue weighted by Crippen LogP contribution is 2.40. The fourth-order valence-electron chi connectivity index (χ4n) is 5.29. The molecule has 3 heterocycles. The Morgan fingerprint density at radius 1 is 1.19 bits per heavy atom. The van der Waals surface area contributed by atoms with Gasteiger partial charge in [0.05, 0.1) is 48.8 Å². The van der Waals surface area contributed by atoms with Crippen molar-refractivity contribution in [3.63, 3.8) is 0 Å². The molecule has 0 saturated carbocycles. The summed E-state index contributed by atoms with van der Waals surface area (Å²) in [6.07, 6.45) is 3.00. The molecule has 0 atom stereocenters. The van der Waals surface area contributed by atoms with E-state index in [1.165, 1.54) is 11.6 Å². The highest BCUT2D eigenvalue weighted by atomic mass is 16.5. The molecule has 0 fully saturated rings. The summed E-state index contributed by atoms with van der Waals surface area (Å²) in [5, 5.41) is 7.41. The van der Waals surface area contributed by atoms with Crippen LogP contribution in [0.3, 0.4) is 0 Å². The number of nitrogens with one attached hydrogen (secondary N) is 2. The van der Waals surface area contributed by atoms with E-state index in [4.69, 9.17) is 14.5 Å². The first-order valence-corrected chi connectivity index (χ1v) is 13.9. The normalized spacial score (nSPS) is 13.1. The Bertz CT molecular complexity index is 1630. The van der Waals surface area contributed by atoms with Gasteiger partial charge in [-0.05, 0) is 52.2 Å². The smallest absolute Gasteiger partial charge is 0.247 e. The summed E-state index contributed by atoms with van der Waals surface area (Å²) in [5.74, 6) is 0.686. The SMILES string of the molecule is C=CC(=O)Nc1cc(Nc2nccc(-c3c4n(c5ccccc35)CCOC4)n2)c(OC)cc1N(C)CC(C)(C)N(C)C. The first kappa shape index (κ1) is 29.1. The third-order valence-electron chi connectivity index (χ3n) is 7.94. The number of carbonyl (C=O) groups is 1. The van der Waals surface area contributed by atoms with Gasteiger partial charge in [0.15, 0.2) is 0 Å². The molecular formula is C32H39N7O3. The molecule has 0 unspecified atom stereocenters. The Balaban J connectivity index is 1.54. The van der Waals surface area contributed by atoms with E-state index in [0.717, 1.165) is 34.6 Å². The summed E-state index contributed by atoms with van der Waals surface area (Å²) >= 11 is 0. The number of hydrogen-bond donors (Lipinski definition) is 2. The summed E-state index contributed by atoms with van der Waals surface area (Å²) in [4.78, 5) is 26.1.